The molecule has 1 heterocycles. The normalized spacial score (nSPS) is 27.1. The minimum absolute atomic E-state index is 0.161. The summed E-state index contributed by atoms with van der Waals surface area (Å²) in [7, 11) is 0. The van der Waals surface area contributed by atoms with E-state index >= 15 is 0 Å². The number of benzene rings is 2. The van der Waals surface area contributed by atoms with Crippen LogP contribution in [0.25, 0.3) is 0 Å². The molecular weight excluding hydrogens is 588 g/mol. The molecule has 1 saturated heterocycles. The van der Waals surface area contributed by atoms with Gasteiger partial charge in [0.25, 0.3) is 0 Å². The molecule has 186 valence electrons. The van der Waals surface area contributed by atoms with Crippen molar-refractivity contribution in [1.82, 2.24) is 0 Å². The molecular formula is C29H21FINO5. The smallest absolute Gasteiger partial charge is 0.238 e. The number of rotatable bonds is 2. The van der Waals surface area contributed by atoms with Gasteiger partial charge in [0, 0.05) is 26.2 Å². The van der Waals surface area contributed by atoms with E-state index in [0.717, 1.165) is 9.14 Å². The van der Waals surface area contributed by atoms with Crippen molar-refractivity contribution in [1.29, 1.82) is 0 Å². The van der Waals surface area contributed by atoms with E-state index in [2.05, 4.69) is 22.6 Å². The first-order chi connectivity index (χ1) is 17.7. The zero-order valence-corrected chi connectivity index (χ0v) is 21.9. The highest BCUT2D eigenvalue weighted by atomic mass is 127. The molecule has 1 aliphatic heterocycles. The lowest BCUT2D eigenvalue weighted by atomic mass is 9.59. The molecule has 0 aromatic heterocycles. The average Bonchev–Trinajstić information content (AvgIpc) is 3.13. The maximum atomic E-state index is 14.5. The van der Waals surface area contributed by atoms with Crippen molar-refractivity contribution < 1.29 is 28.7 Å². The number of carbonyl (C=O) groups excluding carboxylic acids is 4. The van der Waals surface area contributed by atoms with Crippen LogP contribution in [0.5, 0.6) is 5.75 Å². The number of imide groups is 1. The second-order valence-corrected chi connectivity index (χ2v) is 11.2. The molecule has 6 rings (SSSR count). The SMILES string of the molecule is CC1=CC(=O)C2=C(C[C@@H]3C(=CC[C@@H]4C(=O)N(c5ccc(I)cc5)C(=O)[C@@H]43)[C@@H]2c2ccc(O)c(F)c2)C1=O. The number of allylic oxidation sites excluding steroid dienone is 6. The van der Waals surface area contributed by atoms with Gasteiger partial charge in [-0.1, -0.05) is 17.7 Å². The van der Waals surface area contributed by atoms with Gasteiger partial charge in [0.2, 0.25) is 11.8 Å². The van der Waals surface area contributed by atoms with Crippen LogP contribution in [0.1, 0.15) is 31.2 Å². The molecule has 37 heavy (non-hydrogen) atoms. The van der Waals surface area contributed by atoms with E-state index in [1.54, 1.807) is 19.1 Å². The summed E-state index contributed by atoms with van der Waals surface area (Å²) in [6.07, 6.45) is 3.66. The van der Waals surface area contributed by atoms with Crippen LogP contribution in [-0.2, 0) is 19.2 Å². The molecule has 4 aliphatic rings. The van der Waals surface area contributed by atoms with Gasteiger partial charge in [-0.3, -0.25) is 24.1 Å². The van der Waals surface area contributed by atoms with Gasteiger partial charge < -0.3 is 5.11 Å². The molecule has 2 aromatic rings. The molecule has 0 bridgehead atoms. The van der Waals surface area contributed by atoms with Crippen molar-refractivity contribution in [2.75, 3.05) is 4.90 Å². The standard InChI is InChI=1S/C29H21FINO5/c1-13-10-23(34)26-20(27(13)35)12-19-17(24(26)14-2-9-22(33)21(30)11-14)7-8-18-25(19)29(37)32(28(18)36)16-5-3-15(31)4-6-16/h2-7,9-11,18-19,24-25,33H,8,12H2,1H3/t18-,19+,24-,25-/m0/s1. The summed E-state index contributed by atoms with van der Waals surface area (Å²) in [5.74, 6) is -5.07. The third kappa shape index (κ3) is 3.56. The summed E-state index contributed by atoms with van der Waals surface area (Å²) in [6.45, 7) is 1.58. The molecule has 0 spiro atoms. The number of nitrogens with zero attached hydrogens (tertiary/aromatic N) is 1. The van der Waals surface area contributed by atoms with E-state index in [0.29, 0.717) is 28.8 Å². The first-order valence-corrected chi connectivity index (χ1v) is 13.1. The number of anilines is 1. The number of amides is 2. The largest absolute Gasteiger partial charge is 0.505 e. The number of fused-ring (bicyclic) bond motifs is 3. The van der Waals surface area contributed by atoms with Gasteiger partial charge in [-0.25, -0.2) is 4.39 Å². The van der Waals surface area contributed by atoms with E-state index in [1.807, 2.05) is 18.2 Å². The van der Waals surface area contributed by atoms with Gasteiger partial charge in [0.15, 0.2) is 23.1 Å². The molecule has 2 aromatic carbocycles. The van der Waals surface area contributed by atoms with Crippen molar-refractivity contribution in [2.45, 2.75) is 25.7 Å². The Morgan fingerprint density at radius 3 is 2.43 bits per heavy atom. The second kappa shape index (κ2) is 8.58. The quantitative estimate of drug-likeness (QED) is 0.229. The Morgan fingerprint density at radius 2 is 1.73 bits per heavy atom. The van der Waals surface area contributed by atoms with Gasteiger partial charge >= 0.3 is 0 Å². The number of ketones is 2. The number of hydrogen-bond acceptors (Lipinski definition) is 5. The highest BCUT2D eigenvalue weighted by Gasteiger charge is 2.56. The molecule has 0 unspecified atom stereocenters. The Hall–Kier alpha value is -3.40. The van der Waals surface area contributed by atoms with Crippen LogP contribution in [0.4, 0.5) is 10.1 Å². The van der Waals surface area contributed by atoms with E-state index in [9.17, 15) is 28.7 Å². The molecule has 4 atom stereocenters. The summed E-state index contributed by atoms with van der Waals surface area (Å²) in [5.41, 5.74) is 2.57. The Morgan fingerprint density at radius 1 is 1.00 bits per heavy atom. The Bertz CT molecular complexity index is 1520. The first kappa shape index (κ1) is 24.0. The number of Topliss-reactive ketones (excluding diaryl/α,β-unsaturated/α-hetero) is 1. The summed E-state index contributed by atoms with van der Waals surface area (Å²) < 4.78 is 15.4. The van der Waals surface area contributed by atoms with Crippen LogP contribution in [0.15, 0.2) is 76.9 Å². The van der Waals surface area contributed by atoms with E-state index in [-0.39, 0.29) is 35.4 Å². The molecule has 0 radical (unpaired) electrons. The molecule has 6 nitrogen and oxygen atoms in total. The predicted molar refractivity (Wildman–Crippen MR) is 141 cm³/mol. The average molecular weight is 609 g/mol. The number of hydrogen-bond donors (Lipinski definition) is 1. The van der Waals surface area contributed by atoms with E-state index in [1.165, 1.54) is 29.2 Å². The Kier molecular flexibility index (Phi) is 5.56. The van der Waals surface area contributed by atoms with Crippen molar-refractivity contribution >= 4 is 51.7 Å². The summed E-state index contributed by atoms with van der Waals surface area (Å²) in [5, 5.41) is 9.76. The molecule has 8 heteroatoms. The fourth-order valence-corrected chi connectivity index (χ4v) is 6.67. The Labute approximate surface area is 225 Å². The van der Waals surface area contributed by atoms with Crippen LogP contribution in [-0.4, -0.2) is 28.5 Å². The molecule has 2 amide bonds. The van der Waals surface area contributed by atoms with Crippen LogP contribution in [0.3, 0.4) is 0 Å². The van der Waals surface area contributed by atoms with Crippen LogP contribution < -0.4 is 4.90 Å². The molecule has 0 saturated carbocycles. The minimum Gasteiger partial charge on any atom is -0.505 e. The topological polar surface area (TPSA) is 91.8 Å². The second-order valence-electron chi connectivity index (χ2n) is 9.93. The maximum Gasteiger partial charge on any atom is 0.238 e. The monoisotopic (exact) mass is 609 g/mol. The number of carbonyl (C=O) groups is 4. The third-order valence-corrected chi connectivity index (χ3v) is 8.67. The summed E-state index contributed by atoms with van der Waals surface area (Å²) in [6, 6.07) is 11.1. The highest BCUT2D eigenvalue weighted by Crippen LogP contribution is 2.55. The number of halogens is 2. The molecule has 1 N–H and O–H groups in total. The number of aromatic hydroxyl groups is 1. The highest BCUT2D eigenvalue weighted by molar-refractivity contribution is 14.1. The van der Waals surface area contributed by atoms with Gasteiger partial charge in [-0.05, 0) is 96.3 Å². The van der Waals surface area contributed by atoms with E-state index < -0.39 is 35.2 Å². The van der Waals surface area contributed by atoms with Gasteiger partial charge in [-0.2, -0.15) is 0 Å². The predicted octanol–water partition coefficient (Wildman–Crippen LogP) is 4.77. The molecule has 3 aliphatic carbocycles. The Balaban J connectivity index is 1.49. The number of phenols is 1. The zero-order valence-electron chi connectivity index (χ0n) is 19.7. The minimum atomic E-state index is -0.839. The van der Waals surface area contributed by atoms with Crippen LogP contribution >= 0.6 is 22.6 Å². The maximum absolute atomic E-state index is 14.5. The van der Waals surface area contributed by atoms with Gasteiger partial charge in [0.05, 0.1) is 17.5 Å². The van der Waals surface area contributed by atoms with Crippen molar-refractivity contribution in [3.05, 3.63) is 91.9 Å². The van der Waals surface area contributed by atoms with Crippen molar-refractivity contribution in [2.24, 2.45) is 17.8 Å². The lowest BCUT2D eigenvalue weighted by molar-refractivity contribution is -0.123. The zero-order chi connectivity index (χ0) is 26.2. The fourth-order valence-electron chi connectivity index (χ4n) is 6.31. The van der Waals surface area contributed by atoms with Crippen LogP contribution in [0.2, 0.25) is 0 Å². The van der Waals surface area contributed by atoms with Crippen LogP contribution in [0, 0.1) is 27.1 Å². The fraction of sp³-hybridized carbons (Fsp3) is 0.241. The third-order valence-electron chi connectivity index (χ3n) is 7.95. The van der Waals surface area contributed by atoms with Gasteiger partial charge in [-0.15, -0.1) is 0 Å². The molecule has 1 fully saturated rings. The van der Waals surface area contributed by atoms with Crippen molar-refractivity contribution in [3.8, 4) is 5.75 Å². The summed E-state index contributed by atoms with van der Waals surface area (Å²) >= 11 is 2.15. The van der Waals surface area contributed by atoms with E-state index in [4.69, 9.17) is 0 Å². The number of phenolic OH excluding ortho intramolecular Hbond substituents is 1. The summed E-state index contributed by atoms with van der Waals surface area (Å²) in [4.78, 5) is 55.0. The lowest BCUT2D eigenvalue weighted by Crippen LogP contribution is -2.39. The van der Waals surface area contributed by atoms with Gasteiger partial charge in [0.1, 0.15) is 0 Å². The lowest BCUT2D eigenvalue weighted by Gasteiger charge is -2.42. The van der Waals surface area contributed by atoms with Crippen molar-refractivity contribution in [3.63, 3.8) is 0 Å². The first-order valence-electron chi connectivity index (χ1n) is 12.0.